The van der Waals surface area contributed by atoms with E-state index in [0.717, 1.165) is 24.6 Å². The lowest BCUT2D eigenvalue weighted by atomic mass is 9.85. The molecule has 0 aliphatic heterocycles. The zero-order valence-corrected chi connectivity index (χ0v) is 13.1. The number of aromatic nitrogens is 2. The summed E-state index contributed by atoms with van der Waals surface area (Å²) < 4.78 is 0. The molecule has 4 nitrogen and oxygen atoms in total. The van der Waals surface area contributed by atoms with Crippen molar-refractivity contribution in [3.05, 3.63) is 11.8 Å². The highest BCUT2D eigenvalue weighted by atomic mass is 15.1. The standard InChI is InChI=1S/C15H28N4/c1-7-16-15-18-12(6)8-14(19-15)17-9-13(10(2)3)11(4)5/h8,10-11,13H,7,9H2,1-6H3,(H2,16,17,18,19). The van der Waals surface area contributed by atoms with Crippen molar-refractivity contribution in [1.29, 1.82) is 0 Å². The Balaban J connectivity index is 2.71. The van der Waals surface area contributed by atoms with E-state index in [2.05, 4.69) is 48.3 Å². The highest BCUT2D eigenvalue weighted by Crippen LogP contribution is 2.21. The topological polar surface area (TPSA) is 49.8 Å². The van der Waals surface area contributed by atoms with E-state index in [1.54, 1.807) is 0 Å². The molecule has 0 atom stereocenters. The van der Waals surface area contributed by atoms with Gasteiger partial charge in [0.25, 0.3) is 0 Å². The summed E-state index contributed by atoms with van der Waals surface area (Å²) in [5.74, 6) is 3.61. The molecule has 19 heavy (non-hydrogen) atoms. The van der Waals surface area contributed by atoms with Crippen molar-refractivity contribution in [2.24, 2.45) is 17.8 Å². The molecule has 0 saturated heterocycles. The molecular weight excluding hydrogens is 236 g/mol. The van der Waals surface area contributed by atoms with E-state index in [1.165, 1.54) is 0 Å². The minimum Gasteiger partial charge on any atom is -0.370 e. The van der Waals surface area contributed by atoms with Gasteiger partial charge in [-0.15, -0.1) is 0 Å². The SMILES string of the molecule is CCNc1nc(C)cc(NCC(C(C)C)C(C)C)n1. The maximum Gasteiger partial charge on any atom is 0.224 e. The van der Waals surface area contributed by atoms with Gasteiger partial charge in [-0.1, -0.05) is 27.7 Å². The number of rotatable bonds is 7. The first kappa shape index (κ1) is 15.7. The van der Waals surface area contributed by atoms with Crippen molar-refractivity contribution in [1.82, 2.24) is 9.97 Å². The Morgan fingerprint density at radius 3 is 2.21 bits per heavy atom. The second kappa shape index (κ2) is 7.31. The molecule has 0 bridgehead atoms. The number of hydrogen-bond acceptors (Lipinski definition) is 4. The second-order valence-corrected chi connectivity index (χ2v) is 5.78. The molecule has 1 aromatic rings. The lowest BCUT2D eigenvalue weighted by molar-refractivity contribution is 0.304. The van der Waals surface area contributed by atoms with E-state index in [4.69, 9.17) is 0 Å². The van der Waals surface area contributed by atoms with Gasteiger partial charge in [-0.2, -0.15) is 4.98 Å². The third kappa shape index (κ3) is 5.05. The zero-order chi connectivity index (χ0) is 14.4. The molecule has 0 saturated carbocycles. The Bertz CT molecular complexity index is 380. The number of aryl methyl sites for hydroxylation is 1. The van der Waals surface area contributed by atoms with Gasteiger partial charge < -0.3 is 10.6 Å². The third-order valence-electron chi connectivity index (χ3n) is 3.42. The lowest BCUT2D eigenvalue weighted by Gasteiger charge is -2.25. The number of anilines is 2. The zero-order valence-electron chi connectivity index (χ0n) is 13.1. The molecule has 0 amide bonds. The van der Waals surface area contributed by atoms with Crippen LogP contribution in [0.2, 0.25) is 0 Å². The molecule has 0 aliphatic rings. The van der Waals surface area contributed by atoms with Crippen LogP contribution in [-0.4, -0.2) is 23.1 Å². The van der Waals surface area contributed by atoms with E-state index in [1.807, 2.05) is 19.9 Å². The lowest BCUT2D eigenvalue weighted by Crippen LogP contribution is -2.25. The van der Waals surface area contributed by atoms with Crippen LogP contribution in [0.3, 0.4) is 0 Å². The van der Waals surface area contributed by atoms with Crippen LogP contribution < -0.4 is 10.6 Å². The summed E-state index contributed by atoms with van der Waals surface area (Å²) >= 11 is 0. The van der Waals surface area contributed by atoms with Gasteiger partial charge in [0.05, 0.1) is 0 Å². The Kier molecular flexibility index (Phi) is 6.06. The summed E-state index contributed by atoms with van der Waals surface area (Å²) in [5.41, 5.74) is 0.985. The number of nitrogens with zero attached hydrogens (tertiary/aromatic N) is 2. The average molecular weight is 264 g/mol. The van der Waals surface area contributed by atoms with Crippen molar-refractivity contribution in [2.75, 3.05) is 23.7 Å². The van der Waals surface area contributed by atoms with Crippen LogP contribution in [0.15, 0.2) is 6.07 Å². The van der Waals surface area contributed by atoms with Crippen molar-refractivity contribution in [2.45, 2.75) is 41.5 Å². The minimum atomic E-state index is 0.651. The van der Waals surface area contributed by atoms with Crippen LogP contribution in [0.25, 0.3) is 0 Å². The van der Waals surface area contributed by atoms with Gasteiger partial charge in [0.2, 0.25) is 5.95 Å². The summed E-state index contributed by atoms with van der Waals surface area (Å²) in [6.07, 6.45) is 0. The molecule has 1 heterocycles. The Hall–Kier alpha value is -1.32. The van der Waals surface area contributed by atoms with E-state index >= 15 is 0 Å². The molecule has 0 aliphatic carbocycles. The van der Waals surface area contributed by atoms with Crippen molar-refractivity contribution in [3.63, 3.8) is 0 Å². The van der Waals surface area contributed by atoms with Crippen LogP contribution in [0, 0.1) is 24.7 Å². The van der Waals surface area contributed by atoms with E-state index in [0.29, 0.717) is 23.7 Å². The van der Waals surface area contributed by atoms with E-state index in [9.17, 15) is 0 Å². The van der Waals surface area contributed by atoms with Gasteiger partial charge in [-0.05, 0) is 31.6 Å². The predicted molar refractivity (Wildman–Crippen MR) is 82.6 cm³/mol. The van der Waals surface area contributed by atoms with Gasteiger partial charge >= 0.3 is 0 Å². The monoisotopic (exact) mass is 264 g/mol. The largest absolute Gasteiger partial charge is 0.370 e. The first-order chi connectivity index (χ1) is 8.93. The summed E-state index contributed by atoms with van der Waals surface area (Å²) in [5, 5.41) is 6.62. The molecule has 4 heteroatoms. The van der Waals surface area contributed by atoms with E-state index in [-0.39, 0.29) is 0 Å². The quantitative estimate of drug-likeness (QED) is 0.790. The molecule has 0 fully saturated rings. The maximum atomic E-state index is 4.48. The number of nitrogens with one attached hydrogen (secondary N) is 2. The van der Waals surface area contributed by atoms with Gasteiger partial charge in [-0.3, -0.25) is 0 Å². The first-order valence-electron chi connectivity index (χ1n) is 7.27. The summed E-state index contributed by atoms with van der Waals surface area (Å²) in [6.45, 7) is 15.0. The Labute approximate surface area is 117 Å². The average Bonchev–Trinajstić information content (AvgIpc) is 2.27. The molecule has 1 rings (SSSR count). The van der Waals surface area contributed by atoms with Crippen molar-refractivity contribution in [3.8, 4) is 0 Å². The smallest absolute Gasteiger partial charge is 0.224 e. The molecule has 0 unspecified atom stereocenters. The predicted octanol–water partition coefficient (Wildman–Crippen LogP) is 3.56. The Morgan fingerprint density at radius 1 is 1.05 bits per heavy atom. The molecular formula is C15H28N4. The van der Waals surface area contributed by atoms with Gasteiger partial charge in [0, 0.05) is 24.8 Å². The number of hydrogen-bond donors (Lipinski definition) is 2. The summed E-state index contributed by atoms with van der Waals surface area (Å²) in [7, 11) is 0. The van der Waals surface area contributed by atoms with Gasteiger partial charge in [0.1, 0.15) is 5.82 Å². The second-order valence-electron chi connectivity index (χ2n) is 5.78. The maximum absolute atomic E-state index is 4.48. The van der Waals surface area contributed by atoms with Crippen LogP contribution in [0.5, 0.6) is 0 Å². The van der Waals surface area contributed by atoms with Crippen LogP contribution >= 0.6 is 0 Å². The highest BCUT2D eigenvalue weighted by Gasteiger charge is 2.17. The van der Waals surface area contributed by atoms with Crippen LogP contribution in [0.4, 0.5) is 11.8 Å². The fourth-order valence-electron chi connectivity index (χ4n) is 2.36. The van der Waals surface area contributed by atoms with Gasteiger partial charge in [-0.25, -0.2) is 4.98 Å². The minimum absolute atomic E-state index is 0.651. The first-order valence-corrected chi connectivity index (χ1v) is 7.27. The molecule has 0 radical (unpaired) electrons. The highest BCUT2D eigenvalue weighted by molar-refractivity contribution is 5.42. The van der Waals surface area contributed by atoms with E-state index < -0.39 is 0 Å². The molecule has 1 aromatic heterocycles. The molecule has 108 valence electrons. The van der Waals surface area contributed by atoms with Crippen LogP contribution in [-0.2, 0) is 0 Å². The normalized spacial score (nSPS) is 11.4. The summed E-state index contributed by atoms with van der Waals surface area (Å²) in [6, 6.07) is 2.00. The molecule has 0 aromatic carbocycles. The summed E-state index contributed by atoms with van der Waals surface area (Å²) in [4.78, 5) is 8.84. The molecule has 0 spiro atoms. The van der Waals surface area contributed by atoms with Gasteiger partial charge in [0.15, 0.2) is 0 Å². The van der Waals surface area contributed by atoms with Crippen molar-refractivity contribution >= 4 is 11.8 Å². The third-order valence-corrected chi connectivity index (χ3v) is 3.42. The van der Waals surface area contributed by atoms with Crippen LogP contribution in [0.1, 0.15) is 40.3 Å². The Morgan fingerprint density at radius 2 is 1.68 bits per heavy atom. The fourth-order valence-corrected chi connectivity index (χ4v) is 2.36. The molecule has 2 N–H and O–H groups in total. The van der Waals surface area contributed by atoms with Crippen molar-refractivity contribution < 1.29 is 0 Å². The fraction of sp³-hybridized carbons (Fsp3) is 0.733.